The molecule has 40 heteroatoms. The molecule has 3 heterocycles. The first-order valence-electron chi connectivity index (χ1n) is 33.6. The summed E-state index contributed by atoms with van der Waals surface area (Å²) in [7, 11) is 0. The molecular formula is C61H109N7O33. The van der Waals surface area contributed by atoms with Crippen LogP contribution in [0, 0.1) is 0 Å². The average molecular weight is 1470 g/mol. The summed E-state index contributed by atoms with van der Waals surface area (Å²) >= 11 is 0. The lowest BCUT2D eigenvalue weighted by molar-refractivity contribution is -0.272. The molecule has 17 N–H and O–H groups in total. The number of nitrogens with one attached hydrogen (secondary N) is 7. The SMILES string of the molecule is CC(=O)N[C@H]1[C@H](OCCOCCOCCOCC(=O)NCCCC[C@H](NC(=O)COCCOCCOCCO[C@@H]2O[C@H](CO)[C@H](O)[C@H](O)[C@H]2NC(C)=O)C(=O)N[C@@H](CCCCNC(=O)COCCOCCOCCO[C@@H]2O[C@H](CCO)[C@H](O)[C@H](O)[C@H]2NC(C)=O)C(=O)O)O[C@H](CO)[C@H](O)[C@@H]1O. The molecule has 3 fully saturated rings. The predicted molar refractivity (Wildman–Crippen MR) is 341 cm³/mol. The molecule has 0 radical (unpaired) electrons. The highest BCUT2D eigenvalue weighted by Crippen LogP contribution is 2.26. The van der Waals surface area contributed by atoms with E-state index in [1.165, 1.54) is 20.8 Å². The van der Waals surface area contributed by atoms with E-state index in [1.54, 1.807) is 0 Å². The topological polar surface area (TPSA) is 562 Å². The number of hydrogen-bond donors (Lipinski definition) is 17. The van der Waals surface area contributed by atoms with Gasteiger partial charge in [0.25, 0.3) is 0 Å². The summed E-state index contributed by atoms with van der Waals surface area (Å²) in [5, 5.41) is 118. The van der Waals surface area contributed by atoms with Gasteiger partial charge in [-0.05, 0) is 44.9 Å². The summed E-state index contributed by atoms with van der Waals surface area (Å²) in [6.07, 6.45) is -13.9. The highest BCUT2D eigenvalue weighted by atomic mass is 16.7. The van der Waals surface area contributed by atoms with Gasteiger partial charge < -0.3 is 159 Å². The molecule has 0 aromatic carbocycles. The molecule has 0 spiro atoms. The molecule has 0 aromatic rings. The van der Waals surface area contributed by atoms with Crippen LogP contribution in [-0.4, -0.2) is 374 Å². The van der Waals surface area contributed by atoms with Crippen LogP contribution < -0.4 is 37.2 Å². The Balaban J connectivity index is 1.34. The van der Waals surface area contributed by atoms with E-state index in [4.69, 9.17) is 71.1 Å². The van der Waals surface area contributed by atoms with Crippen LogP contribution in [0.1, 0.15) is 65.7 Å². The van der Waals surface area contributed by atoms with Crippen molar-refractivity contribution < 1.29 is 160 Å². The van der Waals surface area contributed by atoms with Gasteiger partial charge in [-0.1, -0.05) is 0 Å². The minimum absolute atomic E-state index is 0.00544. The monoisotopic (exact) mass is 1470 g/mol. The fourth-order valence-corrected chi connectivity index (χ4v) is 10.1. The van der Waals surface area contributed by atoms with Gasteiger partial charge in [-0.2, -0.15) is 0 Å². The van der Waals surface area contributed by atoms with E-state index in [2.05, 4.69) is 37.2 Å². The van der Waals surface area contributed by atoms with Crippen LogP contribution in [0.4, 0.5) is 0 Å². The summed E-state index contributed by atoms with van der Waals surface area (Å²) in [5.74, 6) is -5.16. The fraction of sp³-hybridized carbons (Fsp3) is 0.869. The highest BCUT2D eigenvalue weighted by molar-refractivity contribution is 5.90. The molecule has 101 heavy (non-hydrogen) atoms. The maximum absolute atomic E-state index is 13.6. The summed E-state index contributed by atoms with van der Waals surface area (Å²) in [5.41, 5.74) is 0. The van der Waals surface area contributed by atoms with Crippen molar-refractivity contribution in [2.24, 2.45) is 0 Å². The normalized spacial score (nSPS) is 25.7. The number of carbonyl (C=O) groups is 8. The predicted octanol–water partition coefficient (Wildman–Crippen LogP) is -8.97. The number of amides is 7. The second-order valence-corrected chi connectivity index (χ2v) is 23.3. The van der Waals surface area contributed by atoms with Gasteiger partial charge in [0.05, 0.1) is 138 Å². The van der Waals surface area contributed by atoms with Crippen molar-refractivity contribution in [1.29, 1.82) is 0 Å². The van der Waals surface area contributed by atoms with Gasteiger partial charge in [0.15, 0.2) is 18.9 Å². The van der Waals surface area contributed by atoms with Gasteiger partial charge in [0, 0.05) is 40.5 Å². The maximum atomic E-state index is 13.6. The third-order valence-corrected chi connectivity index (χ3v) is 15.2. The van der Waals surface area contributed by atoms with Crippen molar-refractivity contribution >= 4 is 47.3 Å². The Bertz CT molecular complexity index is 2330. The number of ether oxygens (including phenoxy) is 15. The summed E-state index contributed by atoms with van der Waals surface area (Å²) in [4.78, 5) is 98.9. The molecule has 0 aliphatic carbocycles. The van der Waals surface area contributed by atoms with Crippen molar-refractivity contribution in [3.05, 3.63) is 0 Å². The van der Waals surface area contributed by atoms with E-state index in [9.17, 15) is 89.4 Å². The molecule has 3 aliphatic heterocycles. The molecule has 0 unspecified atom stereocenters. The standard InChI is InChI=1S/C61H109N7O33/c1-37(72)64-48-54(81)51(78)42(10-13-69)99-59(48)96-29-26-90-17-14-87-21-24-94-35-46(76)63-12-7-5-9-41(58(85)86)68-57(84)40(67-47(77)36-95-25-22-89-16-19-92-28-31-98-61-50(66-39(3)74)56(83)53(80)44(33-71)101-61)8-4-6-11-62-45(75)34-93-23-20-88-15-18-91-27-30-97-60-49(65-38(2)73)55(82)52(79)43(32-70)100-60/h40-44,48-56,59-61,69-71,78-83H,4-36H2,1-3H3,(H,62,75)(H,63,76)(H,64,72)(H,65,73)(H,66,74)(H,67,77)(H,68,84)(H,85,86)/t40-,41-,42+,43+,44+,48+,49+,50+,51-,52-,53-,54+,55+,56+,59+,60+,61+/m0/s1. The lowest BCUT2D eigenvalue weighted by Crippen LogP contribution is -2.64. The van der Waals surface area contributed by atoms with E-state index >= 15 is 0 Å². The molecule has 3 aliphatic rings. The summed E-state index contributed by atoms with van der Waals surface area (Å²) < 4.78 is 82.5. The number of rotatable bonds is 57. The molecule has 0 aromatic heterocycles. The Morgan fingerprint density at radius 1 is 0.376 bits per heavy atom. The second-order valence-electron chi connectivity index (χ2n) is 23.3. The summed E-state index contributed by atoms with van der Waals surface area (Å²) in [6, 6.07) is -5.84. The van der Waals surface area contributed by atoms with Crippen LogP contribution in [0.15, 0.2) is 0 Å². The van der Waals surface area contributed by atoms with Crippen LogP contribution in [0.3, 0.4) is 0 Å². The molecule has 0 bridgehead atoms. The van der Waals surface area contributed by atoms with Gasteiger partial charge in [-0.3, -0.25) is 33.6 Å². The quantitative estimate of drug-likeness (QED) is 0.0252. The first-order valence-corrected chi connectivity index (χ1v) is 33.6. The molecule has 3 rings (SSSR count). The average Bonchev–Trinajstić information content (AvgIpc) is 0.829. The van der Waals surface area contributed by atoms with Gasteiger partial charge >= 0.3 is 5.97 Å². The lowest BCUT2D eigenvalue weighted by Gasteiger charge is -2.42. The fourth-order valence-electron chi connectivity index (χ4n) is 10.1. The van der Waals surface area contributed by atoms with E-state index < -0.39 is 171 Å². The zero-order valence-corrected chi connectivity index (χ0v) is 57.5. The van der Waals surface area contributed by atoms with Gasteiger partial charge in [-0.15, -0.1) is 0 Å². The zero-order valence-electron chi connectivity index (χ0n) is 57.5. The summed E-state index contributed by atoms with van der Waals surface area (Å²) in [6.45, 7) is 2.91. The molecule has 40 nitrogen and oxygen atoms in total. The Kier molecular flexibility index (Phi) is 47.7. The first-order chi connectivity index (χ1) is 48.5. The Hall–Kier alpha value is -5.20. The zero-order chi connectivity index (χ0) is 74.3. The first kappa shape index (κ1) is 90.0. The van der Waals surface area contributed by atoms with Crippen molar-refractivity contribution in [2.75, 3.05) is 172 Å². The molecule has 7 amide bonds. The minimum atomic E-state index is -1.47. The maximum Gasteiger partial charge on any atom is 0.326 e. The third-order valence-electron chi connectivity index (χ3n) is 15.2. The number of carboxylic acid groups (broad SMARTS) is 1. The van der Waals surface area contributed by atoms with Crippen molar-refractivity contribution in [1.82, 2.24) is 37.2 Å². The number of aliphatic carboxylic acids is 1. The van der Waals surface area contributed by atoms with E-state index in [0.717, 1.165) is 0 Å². The van der Waals surface area contributed by atoms with Crippen LogP contribution >= 0.6 is 0 Å². The Labute approximate surface area is 584 Å². The number of carboxylic acids is 1. The molecule has 0 saturated carbocycles. The van der Waals surface area contributed by atoms with Crippen LogP contribution in [-0.2, 0) is 109 Å². The van der Waals surface area contributed by atoms with E-state index in [0.29, 0.717) is 12.8 Å². The van der Waals surface area contributed by atoms with E-state index in [1.807, 2.05) is 0 Å². The van der Waals surface area contributed by atoms with Crippen molar-refractivity contribution in [2.45, 2.75) is 170 Å². The van der Waals surface area contributed by atoms with Gasteiger partial charge in [0.1, 0.15) is 98.9 Å². The molecule has 3 saturated heterocycles. The number of aliphatic hydroxyl groups is 9. The van der Waals surface area contributed by atoms with E-state index in [-0.39, 0.29) is 184 Å². The van der Waals surface area contributed by atoms with Crippen molar-refractivity contribution in [3.8, 4) is 0 Å². The second kappa shape index (κ2) is 53.6. The number of unbranched alkanes of at least 4 members (excludes halogenated alkanes) is 2. The van der Waals surface area contributed by atoms with Crippen LogP contribution in [0.25, 0.3) is 0 Å². The lowest BCUT2D eigenvalue weighted by atomic mass is 9.95. The highest BCUT2D eigenvalue weighted by Gasteiger charge is 2.48. The van der Waals surface area contributed by atoms with Crippen LogP contribution in [0.2, 0.25) is 0 Å². The van der Waals surface area contributed by atoms with Crippen LogP contribution in [0.5, 0.6) is 0 Å². The largest absolute Gasteiger partial charge is 0.480 e. The molecular weight excluding hydrogens is 1360 g/mol. The molecule has 586 valence electrons. The Morgan fingerprint density at radius 2 is 0.683 bits per heavy atom. The smallest absolute Gasteiger partial charge is 0.326 e. The van der Waals surface area contributed by atoms with Gasteiger partial charge in [0.2, 0.25) is 41.4 Å². The Morgan fingerprint density at radius 3 is 1.01 bits per heavy atom. The van der Waals surface area contributed by atoms with Crippen molar-refractivity contribution in [3.63, 3.8) is 0 Å². The number of carbonyl (C=O) groups excluding carboxylic acids is 7. The minimum Gasteiger partial charge on any atom is -0.480 e. The third kappa shape index (κ3) is 37.4. The molecule has 17 atom stereocenters. The number of hydrogen-bond acceptors (Lipinski definition) is 32. The van der Waals surface area contributed by atoms with Gasteiger partial charge in [-0.25, -0.2) is 4.79 Å². The number of aliphatic hydroxyl groups excluding tert-OH is 9.